The number of halogens is 1. The van der Waals surface area contributed by atoms with Crippen LogP contribution in [0.4, 0.5) is 4.79 Å². The molecule has 0 aromatic heterocycles. The molecule has 2 atom stereocenters. The van der Waals surface area contributed by atoms with Crippen molar-refractivity contribution in [2.45, 2.75) is 24.4 Å². The van der Waals surface area contributed by atoms with Crippen molar-refractivity contribution < 1.29 is 23.8 Å². The van der Waals surface area contributed by atoms with Crippen LogP contribution in [0, 0.1) is 0 Å². The van der Waals surface area contributed by atoms with Gasteiger partial charge in [0.1, 0.15) is 25.6 Å². The van der Waals surface area contributed by atoms with Crippen LogP contribution in [0.2, 0.25) is 0 Å². The molecule has 0 saturated carbocycles. The molecule has 198 valence electrons. The van der Waals surface area contributed by atoms with Gasteiger partial charge in [-0.2, -0.15) is 0 Å². The van der Waals surface area contributed by atoms with Crippen molar-refractivity contribution in [3.63, 3.8) is 0 Å². The summed E-state index contributed by atoms with van der Waals surface area (Å²) in [6, 6.07) is 22.9. The Bertz CT molecular complexity index is 1270. The second-order valence-electron chi connectivity index (χ2n) is 9.33. The smallest absolute Gasteiger partial charge is 0.410 e. The standard InChI is InChI=1S/C30H30N2O5.ClH/c1-2-14-35-29(33)20-8-7-9-23(15-20)36-18-22-16-21(31)17-32(22)30(34)37-19-28-26-12-5-3-10-24(26)25-11-4-6-13-27(25)28;/h2-13,15,21-22,28H,1,14,16-19,31H2;1H/t21-,22+;/m1./s1. The first-order valence-electron chi connectivity index (χ1n) is 12.4. The third-order valence-electron chi connectivity index (χ3n) is 6.86. The molecule has 1 amide bonds. The minimum Gasteiger partial charge on any atom is -0.491 e. The summed E-state index contributed by atoms with van der Waals surface area (Å²) in [5.74, 6) is 0.0559. The predicted molar refractivity (Wildman–Crippen MR) is 148 cm³/mol. The van der Waals surface area contributed by atoms with Gasteiger partial charge in [0.25, 0.3) is 0 Å². The monoisotopic (exact) mass is 534 g/mol. The van der Waals surface area contributed by atoms with E-state index in [1.165, 1.54) is 28.3 Å². The van der Waals surface area contributed by atoms with Crippen LogP contribution in [0.25, 0.3) is 11.1 Å². The highest BCUT2D eigenvalue weighted by molar-refractivity contribution is 5.89. The third kappa shape index (κ3) is 5.69. The number of carbonyl (C=O) groups excluding carboxylic acids is 2. The molecule has 1 fully saturated rings. The molecule has 0 unspecified atom stereocenters. The molecule has 0 spiro atoms. The summed E-state index contributed by atoms with van der Waals surface area (Å²) in [5, 5.41) is 0. The molecule has 3 aromatic rings. The Hall–Kier alpha value is -3.81. The summed E-state index contributed by atoms with van der Waals surface area (Å²) in [6.45, 7) is 4.58. The molecule has 38 heavy (non-hydrogen) atoms. The van der Waals surface area contributed by atoms with Gasteiger partial charge in [0.05, 0.1) is 11.6 Å². The number of fused-ring (bicyclic) bond motifs is 3. The lowest BCUT2D eigenvalue weighted by Crippen LogP contribution is -2.40. The van der Waals surface area contributed by atoms with Crippen molar-refractivity contribution in [3.05, 3.63) is 102 Å². The molecule has 0 radical (unpaired) electrons. The quantitative estimate of drug-likeness (QED) is 0.316. The first-order chi connectivity index (χ1) is 18.0. The second-order valence-corrected chi connectivity index (χ2v) is 9.33. The fourth-order valence-corrected chi connectivity index (χ4v) is 5.13. The fourth-order valence-electron chi connectivity index (χ4n) is 5.13. The highest BCUT2D eigenvalue weighted by Gasteiger charge is 2.36. The van der Waals surface area contributed by atoms with Crippen LogP contribution in [-0.4, -0.2) is 55.4 Å². The average Bonchev–Trinajstić information content (AvgIpc) is 3.46. The lowest BCUT2D eigenvalue weighted by molar-refractivity contribution is 0.0549. The van der Waals surface area contributed by atoms with E-state index in [-0.39, 0.29) is 50.2 Å². The molecular weight excluding hydrogens is 504 g/mol. The topological polar surface area (TPSA) is 91.1 Å². The SMILES string of the molecule is C=CCOC(=O)c1cccc(OC[C@@H]2C[C@@H](N)CN2C(=O)OCC2c3ccccc3-c3ccccc32)c1.Cl. The number of ether oxygens (including phenoxy) is 3. The first-order valence-corrected chi connectivity index (χ1v) is 12.4. The maximum absolute atomic E-state index is 13.2. The van der Waals surface area contributed by atoms with Gasteiger partial charge in [-0.25, -0.2) is 9.59 Å². The first kappa shape index (κ1) is 27.2. The van der Waals surface area contributed by atoms with E-state index in [2.05, 4.69) is 30.8 Å². The number of hydrogen-bond acceptors (Lipinski definition) is 6. The molecule has 1 aliphatic heterocycles. The van der Waals surface area contributed by atoms with Crippen molar-refractivity contribution in [1.29, 1.82) is 0 Å². The Morgan fingerprint density at radius 2 is 1.63 bits per heavy atom. The molecular formula is C30H31ClN2O5. The Morgan fingerprint density at radius 1 is 0.947 bits per heavy atom. The lowest BCUT2D eigenvalue weighted by atomic mass is 9.98. The zero-order valence-electron chi connectivity index (χ0n) is 21.0. The van der Waals surface area contributed by atoms with Crippen molar-refractivity contribution in [1.82, 2.24) is 4.90 Å². The number of nitrogens with two attached hydrogens (primary N) is 1. The summed E-state index contributed by atoms with van der Waals surface area (Å²) in [5.41, 5.74) is 11.3. The van der Waals surface area contributed by atoms with Crippen LogP contribution in [0.15, 0.2) is 85.5 Å². The molecule has 2 N–H and O–H groups in total. The number of carbonyl (C=O) groups is 2. The summed E-state index contributed by atoms with van der Waals surface area (Å²) in [4.78, 5) is 26.9. The Morgan fingerprint density at radius 3 is 2.32 bits per heavy atom. The van der Waals surface area contributed by atoms with Crippen LogP contribution < -0.4 is 10.5 Å². The number of esters is 1. The number of amides is 1. The number of nitrogens with zero attached hydrogens (tertiary/aromatic N) is 1. The Balaban J connectivity index is 0.00000336. The number of likely N-dealkylation sites (tertiary alicyclic amines) is 1. The van der Waals surface area contributed by atoms with Crippen molar-refractivity contribution in [2.24, 2.45) is 5.73 Å². The Kier molecular flexibility index (Phi) is 8.71. The van der Waals surface area contributed by atoms with E-state index >= 15 is 0 Å². The Labute approximate surface area is 228 Å². The zero-order chi connectivity index (χ0) is 25.8. The van der Waals surface area contributed by atoms with Crippen molar-refractivity contribution in [3.8, 4) is 16.9 Å². The maximum atomic E-state index is 13.2. The number of hydrogen-bond donors (Lipinski definition) is 1. The highest BCUT2D eigenvalue weighted by Crippen LogP contribution is 2.44. The summed E-state index contributed by atoms with van der Waals surface area (Å²) >= 11 is 0. The zero-order valence-corrected chi connectivity index (χ0v) is 21.8. The largest absolute Gasteiger partial charge is 0.491 e. The van der Waals surface area contributed by atoms with E-state index in [4.69, 9.17) is 19.9 Å². The van der Waals surface area contributed by atoms with Gasteiger partial charge in [-0.3, -0.25) is 0 Å². The summed E-state index contributed by atoms with van der Waals surface area (Å²) < 4.78 is 16.9. The van der Waals surface area contributed by atoms with Crippen LogP contribution in [0.3, 0.4) is 0 Å². The molecule has 0 bridgehead atoms. The highest BCUT2D eigenvalue weighted by atomic mass is 35.5. The average molecular weight is 535 g/mol. The summed E-state index contributed by atoms with van der Waals surface area (Å²) in [7, 11) is 0. The minimum absolute atomic E-state index is 0. The van der Waals surface area contributed by atoms with E-state index < -0.39 is 12.1 Å². The maximum Gasteiger partial charge on any atom is 0.410 e. The molecule has 1 aliphatic carbocycles. The second kappa shape index (κ2) is 12.2. The molecule has 7 nitrogen and oxygen atoms in total. The normalized spacial score (nSPS) is 17.7. The van der Waals surface area contributed by atoms with Gasteiger partial charge in [-0.15, -0.1) is 12.4 Å². The molecule has 5 rings (SSSR count). The van der Waals surface area contributed by atoms with Crippen molar-refractivity contribution >= 4 is 24.5 Å². The molecule has 1 heterocycles. The minimum atomic E-state index is -0.450. The molecule has 2 aliphatic rings. The van der Waals surface area contributed by atoms with E-state index in [0.29, 0.717) is 24.3 Å². The number of rotatable bonds is 8. The summed E-state index contributed by atoms with van der Waals surface area (Å²) in [6.07, 6.45) is 1.72. The van der Waals surface area contributed by atoms with Gasteiger partial charge in [0.15, 0.2) is 0 Å². The molecule has 3 aromatic carbocycles. The van der Waals surface area contributed by atoms with E-state index in [9.17, 15) is 9.59 Å². The van der Waals surface area contributed by atoms with Crippen LogP contribution in [0.5, 0.6) is 5.75 Å². The van der Waals surface area contributed by atoms with Gasteiger partial charge in [0.2, 0.25) is 0 Å². The van der Waals surface area contributed by atoms with Crippen LogP contribution >= 0.6 is 12.4 Å². The predicted octanol–water partition coefficient (Wildman–Crippen LogP) is 5.18. The van der Waals surface area contributed by atoms with Gasteiger partial charge < -0.3 is 24.8 Å². The number of benzene rings is 3. The van der Waals surface area contributed by atoms with Gasteiger partial charge in [-0.1, -0.05) is 67.3 Å². The van der Waals surface area contributed by atoms with Gasteiger partial charge >= 0.3 is 12.1 Å². The van der Waals surface area contributed by atoms with Gasteiger partial charge in [0, 0.05) is 18.5 Å². The third-order valence-corrected chi connectivity index (χ3v) is 6.86. The molecule has 1 saturated heterocycles. The van der Waals surface area contributed by atoms with Gasteiger partial charge in [-0.05, 0) is 46.9 Å². The van der Waals surface area contributed by atoms with E-state index in [0.717, 1.165) is 0 Å². The fraction of sp³-hybridized carbons (Fsp3) is 0.267. The van der Waals surface area contributed by atoms with E-state index in [1.54, 1.807) is 29.2 Å². The van der Waals surface area contributed by atoms with E-state index in [1.807, 2.05) is 24.3 Å². The lowest BCUT2D eigenvalue weighted by Gasteiger charge is -2.25. The van der Waals surface area contributed by atoms with Crippen molar-refractivity contribution in [2.75, 3.05) is 26.4 Å². The van der Waals surface area contributed by atoms with Crippen LogP contribution in [-0.2, 0) is 9.47 Å². The van der Waals surface area contributed by atoms with Crippen LogP contribution in [0.1, 0.15) is 33.8 Å². The molecule has 8 heteroatoms.